The van der Waals surface area contributed by atoms with E-state index in [2.05, 4.69) is 36.2 Å². The van der Waals surface area contributed by atoms with Crippen LogP contribution in [0.1, 0.15) is 61.9 Å². The van der Waals surface area contributed by atoms with E-state index >= 15 is 0 Å². The Bertz CT molecular complexity index is 1100. The van der Waals surface area contributed by atoms with Crippen molar-refractivity contribution in [3.05, 3.63) is 59.7 Å². The molecule has 42 heavy (non-hydrogen) atoms. The number of hydrogen-bond donors (Lipinski definition) is 1. The minimum absolute atomic E-state index is 0. The predicted octanol–water partition coefficient (Wildman–Crippen LogP) is 5.96. The van der Waals surface area contributed by atoms with Crippen LogP contribution in [0.4, 0.5) is 10.5 Å². The van der Waals surface area contributed by atoms with Gasteiger partial charge in [-0.2, -0.15) is 0 Å². The molecule has 2 fully saturated rings. The molecule has 4 rings (SSSR count). The maximum atomic E-state index is 12.9. The summed E-state index contributed by atoms with van der Waals surface area (Å²) in [6.07, 6.45) is 6.68. The third-order valence-electron chi connectivity index (χ3n) is 8.40. The highest BCUT2D eigenvalue weighted by Crippen LogP contribution is 2.23. The second kappa shape index (κ2) is 17.3. The zero-order valence-electron chi connectivity index (χ0n) is 25.6. The number of benzene rings is 2. The van der Waals surface area contributed by atoms with E-state index in [0.717, 1.165) is 56.9 Å². The number of morpholine rings is 1. The van der Waals surface area contributed by atoms with Gasteiger partial charge in [0.15, 0.2) is 0 Å². The van der Waals surface area contributed by atoms with Crippen molar-refractivity contribution in [1.82, 2.24) is 14.7 Å². The van der Waals surface area contributed by atoms with Gasteiger partial charge in [0.25, 0.3) is 5.91 Å². The minimum Gasteiger partial charge on any atom is -0.497 e. The Kier molecular flexibility index (Phi) is 13.9. The van der Waals surface area contributed by atoms with Crippen LogP contribution in [0.5, 0.6) is 5.75 Å². The van der Waals surface area contributed by atoms with Crippen LogP contribution in [0.25, 0.3) is 0 Å². The first-order valence-electron chi connectivity index (χ1n) is 15.4. The molecule has 3 amide bonds. The number of unbranched alkanes of at least 4 members (excludes halogenated alkanes) is 2. The van der Waals surface area contributed by atoms with E-state index in [-0.39, 0.29) is 24.3 Å². The summed E-state index contributed by atoms with van der Waals surface area (Å²) in [4.78, 5) is 32.3. The van der Waals surface area contributed by atoms with Crippen molar-refractivity contribution in [3.8, 4) is 5.75 Å². The number of nitrogens with zero attached hydrogens (tertiary/aromatic N) is 3. The Hall–Kier alpha value is -2.81. The van der Waals surface area contributed by atoms with Crippen LogP contribution in [0, 0.1) is 5.92 Å². The Morgan fingerprint density at radius 3 is 2.38 bits per heavy atom. The average molecular weight is 601 g/mol. The maximum absolute atomic E-state index is 12.9. The molecule has 9 heteroatoms. The molecule has 2 aliphatic heterocycles. The second-order valence-corrected chi connectivity index (χ2v) is 11.5. The molecule has 1 unspecified atom stereocenters. The first kappa shape index (κ1) is 33.7. The van der Waals surface area contributed by atoms with E-state index in [1.54, 1.807) is 31.4 Å². The van der Waals surface area contributed by atoms with E-state index in [1.807, 2.05) is 21.9 Å². The van der Waals surface area contributed by atoms with Crippen LogP contribution < -0.4 is 10.1 Å². The lowest BCUT2D eigenvalue weighted by Crippen LogP contribution is -2.51. The highest BCUT2D eigenvalue weighted by molar-refractivity contribution is 6.04. The third kappa shape index (κ3) is 9.89. The number of likely N-dealkylation sites (tertiary alicyclic amines) is 1. The fourth-order valence-electron chi connectivity index (χ4n) is 5.84. The molecule has 2 heterocycles. The number of anilines is 1. The van der Waals surface area contributed by atoms with Crippen molar-refractivity contribution in [2.24, 2.45) is 5.92 Å². The standard InChI is InChI=1S/C33H48N4O4.ClH/c1-4-5-6-16-37(25-27-14-17-35(18-15-27)33(39)36-19-21-41-22-20-36)26(2)23-28-8-7-9-30(24-28)34-32(38)29-10-12-31(40-3)13-11-29;/h7-13,24,26-27H,4-6,14-23,25H2,1-3H3,(H,34,38);1H. The fraction of sp³-hybridized carbons (Fsp3) is 0.576. The second-order valence-electron chi connectivity index (χ2n) is 11.5. The van der Waals surface area contributed by atoms with Crippen molar-refractivity contribution in [2.45, 2.75) is 58.4 Å². The van der Waals surface area contributed by atoms with Crippen LogP contribution >= 0.6 is 12.4 Å². The first-order valence-corrected chi connectivity index (χ1v) is 15.4. The Morgan fingerprint density at radius 2 is 1.71 bits per heavy atom. The molecule has 1 N–H and O–H groups in total. The number of halogens is 1. The molecule has 0 spiro atoms. The zero-order chi connectivity index (χ0) is 29.0. The van der Waals surface area contributed by atoms with Gasteiger partial charge in [-0.3, -0.25) is 4.79 Å². The van der Waals surface area contributed by atoms with E-state index < -0.39 is 0 Å². The topological polar surface area (TPSA) is 74.4 Å². The van der Waals surface area contributed by atoms with Gasteiger partial charge in [0.2, 0.25) is 0 Å². The fourth-order valence-corrected chi connectivity index (χ4v) is 5.84. The predicted molar refractivity (Wildman–Crippen MR) is 171 cm³/mol. The number of carbonyl (C=O) groups is 2. The molecule has 2 saturated heterocycles. The molecule has 1 atom stereocenters. The molecular formula is C33H49ClN4O4. The van der Waals surface area contributed by atoms with E-state index in [9.17, 15) is 9.59 Å². The number of carbonyl (C=O) groups excluding carboxylic acids is 2. The monoisotopic (exact) mass is 600 g/mol. The molecule has 232 valence electrons. The zero-order valence-corrected chi connectivity index (χ0v) is 26.4. The lowest BCUT2D eigenvalue weighted by atomic mass is 9.94. The summed E-state index contributed by atoms with van der Waals surface area (Å²) in [5, 5.41) is 3.05. The molecular weight excluding hydrogens is 552 g/mol. The van der Waals surface area contributed by atoms with Crippen molar-refractivity contribution in [1.29, 1.82) is 0 Å². The summed E-state index contributed by atoms with van der Waals surface area (Å²) in [6.45, 7) is 11.1. The van der Waals surface area contributed by atoms with Crippen molar-refractivity contribution < 1.29 is 19.1 Å². The number of ether oxygens (including phenoxy) is 2. The summed E-state index contributed by atoms with van der Waals surface area (Å²) in [5.41, 5.74) is 2.63. The van der Waals surface area contributed by atoms with Gasteiger partial charge >= 0.3 is 6.03 Å². The lowest BCUT2D eigenvalue weighted by Gasteiger charge is -2.39. The molecule has 0 aromatic heterocycles. The quantitative estimate of drug-likeness (QED) is 0.305. The number of methoxy groups -OCH3 is 1. The van der Waals surface area contributed by atoms with Gasteiger partial charge in [-0.25, -0.2) is 4.79 Å². The number of piperidine rings is 1. The summed E-state index contributed by atoms with van der Waals surface area (Å²) in [6, 6.07) is 15.9. The van der Waals surface area contributed by atoms with Crippen LogP contribution in [0.2, 0.25) is 0 Å². The molecule has 8 nitrogen and oxygen atoms in total. The summed E-state index contributed by atoms with van der Waals surface area (Å²) in [5.74, 6) is 1.20. The molecule has 2 aromatic rings. The van der Waals surface area contributed by atoms with Gasteiger partial charge in [0, 0.05) is 50.0 Å². The van der Waals surface area contributed by atoms with Crippen LogP contribution in [0.15, 0.2) is 48.5 Å². The van der Waals surface area contributed by atoms with Gasteiger partial charge in [-0.05, 0) is 87.0 Å². The highest BCUT2D eigenvalue weighted by Gasteiger charge is 2.29. The van der Waals surface area contributed by atoms with Gasteiger partial charge < -0.3 is 29.5 Å². The molecule has 2 aromatic carbocycles. The lowest BCUT2D eigenvalue weighted by molar-refractivity contribution is 0.0386. The summed E-state index contributed by atoms with van der Waals surface area (Å²) < 4.78 is 10.6. The minimum atomic E-state index is -0.127. The van der Waals surface area contributed by atoms with Crippen LogP contribution in [-0.2, 0) is 11.2 Å². The maximum Gasteiger partial charge on any atom is 0.320 e. The van der Waals surface area contributed by atoms with Gasteiger partial charge in [0.05, 0.1) is 20.3 Å². The molecule has 0 radical (unpaired) electrons. The van der Waals surface area contributed by atoms with Crippen LogP contribution in [-0.4, -0.2) is 92.3 Å². The molecule has 0 bridgehead atoms. The van der Waals surface area contributed by atoms with Gasteiger partial charge in [0.1, 0.15) is 5.75 Å². The first-order chi connectivity index (χ1) is 20.0. The average Bonchev–Trinajstić information content (AvgIpc) is 3.01. The summed E-state index contributed by atoms with van der Waals surface area (Å²) in [7, 11) is 1.62. The van der Waals surface area contributed by atoms with Gasteiger partial charge in [-0.1, -0.05) is 31.9 Å². The normalized spacial score (nSPS) is 16.6. The van der Waals surface area contributed by atoms with Crippen molar-refractivity contribution in [3.63, 3.8) is 0 Å². The largest absolute Gasteiger partial charge is 0.497 e. The Balaban J connectivity index is 0.00000484. The third-order valence-corrected chi connectivity index (χ3v) is 8.40. The summed E-state index contributed by atoms with van der Waals surface area (Å²) >= 11 is 0. The van der Waals surface area contributed by atoms with Crippen molar-refractivity contribution in [2.75, 3.05) is 64.9 Å². The SMILES string of the molecule is CCCCCN(CC1CCN(C(=O)N2CCOCC2)CC1)C(C)Cc1cccc(NC(=O)c2ccc(OC)cc2)c1.Cl. The number of urea groups is 1. The number of amides is 3. The Morgan fingerprint density at radius 1 is 1.02 bits per heavy atom. The smallest absolute Gasteiger partial charge is 0.320 e. The number of nitrogens with one attached hydrogen (secondary N) is 1. The van der Waals surface area contributed by atoms with E-state index in [4.69, 9.17) is 9.47 Å². The number of rotatable bonds is 12. The molecule has 0 saturated carbocycles. The Labute approximate surface area is 258 Å². The van der Waals surface area contributed by atoms with Gasteiger partial charge in [-0.15, -0.1) is 12.4 Å². The van der Waals surface area contributed by atoms with Crippen molar-refractivity contribution >= 4 is 30.0 Å². The van der Waals surface area contributed by atoms with E-state index in [0.29, 0.717) is 43.8 Å². The van der Waals surface area contributed by atoms with Crippen LogP contribution in [0.3, 0.4) is 0 Å². The number of hydrogen-bond acceptors (Lipinski definition) is 5. The van der Waals surface area contributed by atoms with E-state index in [1.165, 1.54) is 24.8 Å². The highest BCUT2D eigenvalue weighted by atomic mass is 35.5. The molecule has 2 aliphatic rings. The molecule has 0 aliphatic carbocycles.